The predicted octanol–water partition coefficient (Wildman–Crippen LogP) is -0.394. The van der Waals surface area contributed by atoms with E-state index in [-0.39, 0.29) is 59.1 Å². The number of amides is 4. The highest BCUT2D eigenvalue weighted by molar-refractivity contribution is 6.09. The van der Waals surface area contributed by atoms with Gasteiger partial charge < -0.3 is 0 Å². The van der Waals surface area contributed by atoms with Gasteiger partial charge in [0.15, 0.2) is 0 Å². The molecule has 2 bridgehead atoms. The van der Waals surface area contributed by atoms with Crippen LogP contribution in [0.25, 0.3) is 0 Å². The maximum atomic E-state index is 12.3. The van der Waals surface area contributed by atoms with Crippen molar-refractivity contribution in [3.63, 3.8) is 0 Å². The van der Waals surface area contributed by atoms with Gasteiger partial charge in [0.25, 0.3) is 0 Å². The lowest BCUT2D eigenvalue weighted by molar-refractivity contribution is -0.188. The summed E-state index contributed by atoms with van der Waals surface area (Å²) in [5.41, 5.74) is 0.569. The van der Waals surface area contributed by atoms with Crippen molar-refractivity contribution in [3.8, 4) is 0 Å². The van der Waals surface area contributed by atoms with Crippen molar-refractivity contribution in [2.75, 3.05) is 0 Å². The minimum absolute atomic E-state index is 0.00282. The van der Waals surface area contributed by atoms with Gasteiger partial charge in [-0.2, -0.15) is 0 Å². The minimum atomic E-state index is -0.510. The highest BCUT2D eigenvalue weighted by atomic mass is 16.2. The standard InChI is InChI=1S/C16H16N2O4/c1-4-3-5-6-8-9(14(21)17-13(8)20)10(6)16(4,2)11-7(5)12(19)18-15(11)22/h3,5-11H,1-2H3,(H,17,20,21)(H,18,19,22)/t5-,6+,7-,8-,9+,10-,11-,16-/m1/s1. The Morgan fingerprint density at radius 1 is 0.909 bits per heavy atom. The number of carbonyl (C=O) groups excluding carboxylic acids is 4. The highest BCUT2D eigenvalue weighted by Crippen LogP contribution is 2.72. The summed E-state index contributed by atoms with van der Waals surface area (Å²) in [7, 11) is 0. The monoisotopic (exact) mass is 300 g/mol. The van der Waals surface area contributed by atoms with Gasteiger partial charge in [-0.25, -0.2) is 0 Å². The minimum Gasteiger partial charge on any atom is -0.296 e. The first-order valence-corrected chi connectivity index (χ1v) is 7.75. The average Bonchev–Trinajstić information content (AvgIpc) is 2.80. The summed E-state index contributed by atoms with van der Waals surface area (Å²) in [5.74, 6) is -2.43. The Hall–Kier alpha value is -1.98. The molecule has 0 unspecified atom stereocenters. The molecule has 114 valence electrons. The third-order valence-electron chi connectivity index (χ3n) is 7.14. The second kappa shape index (κ2) is 3.34. The van der Waals surface area contributed by atoms with Gasteiger partial charge in [0, 0.05) is 5.41 Å². The molecule has 6 aliphatic rings. The second-order valence-electron chi connectivity index (χ2n) is 7.57. The number of carbonyl (C=O) groups is 4. The number of hydrogen-bond acceptors (Lipinski definition) is 4. The molecule has 8 atom stereocenters. The fourth-order valence-electron chi connectivity index (χ4n) is 6.26. The molecule has 6 rings (SSSR count). The number of imide groups is 2. The van der Waals surface area contributed by atoms with Crippen LogP contribution in [-0.2, 0) is 19.2 Å². The topological polar surface area (TPSA) is 92.3 Å². The predicted molar refractivity (Wildman–Crippen MR) is 72.6 cm³/mol. The van der Waals surface area contributed by atoms with E-state index in [1.54, 1.807) is 0 Å². The molecule has 2 saturated carbocycles. The molecule has 0 aromatic heterocycles. The lowest BCUT2D eigenvalue weighted by Crippen LogP contribution is -2.68. The van der Waals surface area contributed by atoms with Gasteiger partial charge in [0.2, 0.25) is 23.6 Å². The van der Waals surface area contributed by atoms with Crippen molar-refractivity contribution in [2.24, 2.45) is 46.8 Å². The number of allylic oxidation sites excluding steroid dienone is 2. The highest BCUT2D eigenvalue weighted by Gasteiger charge is 2.77. The van der Waals surface area contributed by atoms with E-state index < -0.39 is 11.3 Å². The summed E-state index contributed by atoms with van der Waals surface area (Å²) >= 11 is 0. The molecule has 2 heterocycles. The molecule has 4 fully saturated rings. The molecule has 2 N–H and O–H groups in total. The molecule has 4 aliphatic carbocycles. The van der Waals surface area contributed by atoms with Gasteiger partial charge in [-0.15, -0.1) is 0 Å². The van der Waals surface area contributed by atoms with Crippen LogP contribution in [0.15, 0.2) is 11.6 Å². The van der Waals surface area contributed by atoms with Gasteiger partial charge >= 0.3 is 0 Å². The van der Waals surface area contributed by atoms with Crippen molar-refractivity contribution in [3.05, 3.63) is 11.6 Å². The zero-order valence-electron chi connectivity index (χ0n) is 12.3. The van der Waals surface area contributed by atoms with Crippen molar-refractivity contribution in [1.82, 2.24) is 10.6 Å². The van der Waals surface area contributed by atoms with Crippen LogP contribution in [0.1, 0.15) is 13.8 Å². The Kier molecular flexibility index (Phi) is 1.90. The van der Waals surface area contributed by atoms with Crippen molar-refractivity contribution < 1.29 is 19.2 Å². The zero-order valence-corrected chi connectivity index (χ0v) is 12.3. The third kappa shape index (κ3) is 1.01. The van der Waals surface area contributed by atoms with E-state index in [0.717, 1.165) is 5.57 Å². The van der Waals surface area contributed by atoms with E-state index in [1.165, 1.54) is 0 Å². The Labute approximate surface area is 126 Å². The molecule has 0 aromatic rings. The van der Waals surface area contributed by atoms with E-state index in [9.17, 15) is 19.2 Å². The van der Waals surface area contributed by atoms with Crippen LogP contribution in [-0.4, -0.2) is 23.6 Å². The molecule has 2 aliphatic heterocycles. The van der Waals surface area contributed by atoms with Crippen LogP contribution in [0.2, 0.25) is 0 Å². The van der Waals surface area contributed by atoms with Crippen LogP contribution in [0.4, 0.5) is 0 Å². The number of rotatable bonds is 0. The third-order valence-corrected chi connectivity index (χ3v) is 7.14. The van der Waals surface area contributed by atoms with Crippen LogP contribution in [0, 0.1) is 46.8 Å². The Bertz CT molecular complexity index is 726. The van der Waals surface area contributed by atoms with Crippen molar-refractivity contribution >= 4 is 23.6 Å². The molecule has 2 saturated heterocycles. The van der Waals surface area contributed by atoms with E-state index in [4.69, 9.17) is 0 Å². The molecule has 4 amide bonds. The average molecular weight is 300 g/mol. The fraction of sp³-hybridized carbons (Fsp3) is 0.625. The molecule has 0 radical (unpaired) electrons. The lowest BCUT2D eigenvalue weighted by atomic mass is 9.34. The fourth-order valence-corrected chi connectivity index (χ4v) is 6.26. The summed E-state index contributed by atoms with van der Waals surface area (Å²) in [6, 6.07) is 0. The maximum absolute atomic E-state index is 12.3. The van der Waals surface area contributed by atoms with Gasteiger partial charge in [-0.1, -0.05) is 18.6 Å². The first-order chi connectivity index (χ1) is 10.4. The molecular formula is C16H16N2O4. The maximum Gasteiger partial charge on any atom is 0.231 e. The van der Waals surface area contributed by atoms with Crippen molar-refractivity contribution in [1.29, 1.82) is 0 Å². The van der Waals surface area contributed by atoms with Crippen LogP contribution in [0.3, 0.4) is 0 Å². The normalized spacial score (nSPS) is 54.1. The molecule has 22 heavy (non-hydrogen) atoms. The molecule has 0 spiro atoms. The van der Waals surface area contributed by atoms with E-state index >= 15 is 0 Å². The van der Waals surface area contributed by atoms with Gasteiger partial charge in [-0.05, 0) is 24.7 Å². The summed E-state index contributed by atoms with van der Waals surface area (Å²) in [5, 5.41) is 4.90. The Morgan fingerprint density at radius 3 is 2.23 bits per heavy atom. The first-order valence-electron chi connectivity index (χ1n) is 7.75. The van der Waals surface area contributed by atoms with Crippen molar-refractivity contribution in [2.45, 2.75) is 13.8 Å². The van der Waals surface area contributed by atoms with Crippen LogP contribution < -0.4 is 10.6 Å². The van der Waals surface area contributed by atoms with Gasteiger partial charge in [-0.3, -0.25) is 29.8 Å². The lowest BCUT2D eigenvalue weighted by Gasteiger charge is -2.66. The Balaban J connectivity index is 1.72. The summed E-state index contributed by atoms with van der Waals surface area (Å²) in [4.78, 5) is 48.8. The summed E-state index contributed by atoms with van der Waals surface area (Å²) < 4.78 is 0. The van der Waals surface area contributed by atoms with Crippen LogP contribution in [0.5, 0.6) is 0 Å². The first kappa shape index (κ1) is 12.6. The molecule has 6 heteroatoms. The second-order valence-corrected chi connectivity index (χ2v) is 7.57. The number of hydrogen-bond donors (Lipinski definition) is 2. The smallest absolute Gasteiger partial charge is 0.231 e. The van der Waals surface area contributed by atoms with E-state index in [0.29, 0.717) is 0 Å². The molecular weight excluding hydrogens is 284 g/mol. The van der Waals surface area contributed by atoms with Crippen LogP contribution >= 0.6 is 0 Å². The summed E-state index contributed by atoms with van der Waals surface area (Å²) in [6.07, 6.45) is 2.08. The van der Waals surface area contributed by atoms with Gasteiger partial charge in [0.05, 0.1) is 23.7 Å². The van der Waals surface area contributed by atoms with E-state index in [1.807, 2.05) is 13.8 Å². The number of fused-ring (bicyclic) bond motifs is 1. The Morgan fingerprint density at radius 2 is 1.50 bits per heavy atom. The molecule has 0 aromatic carbocycles. The SMILES string of the molecule is CC1=C[C@H]2[C@H]3C(=O)NC(=O)[C@@H]3[C@@]1(C)[C@H]1[C@H]3C(=O)NC(=O)[C@@H]3[C@H]21. The summed E-state index contributed by atoms with van der Waals surface area (Å²) in [6.45, 7) is 3.98. The van der Waals surface area contributed by atoms with E-state index in [2.05, 4.69) is 16.7 Å². The number of nitrogens with one attached hydrogen (secondary N) is 2. The molecule has 6 nitrogen and oxygen atoms in total. The quantitative estimate of drug-likeness (QED) is 0.470. The van der Waals surface area contributed by atoms with Gasteiger partial charge in [0.1, 0.15) is 0 Å². The zero-order chi connectivity index (χ0) is 15.5. The largest absolute Gasteiger partial charge is 0.296 e.